The van der Waals surface area contributed by atoms with Gasteiger partial charge in [0, 0.05) is 43.6 Å². The minimum atomic E-state index is 0.441. The first-order valence-electron chi connectivity index (χ1n) is 8.59. The molecular formula is C19H27N3S. The highest BCUT2D eigenvalue weighted by Crippen LogP contribution is 2.22. The molecule has 1 N–H and O–H groups in total. The van der Waals surface area contributed by atoms with E-state index in [0.29, 0.717) is 6.04 Å². The average molecular weight is 330 g/mol. The van der Waals surface area contributed by atoms with Gasteiger partial charge < -0.3 is 15.1 Å². The molecule has 2 aromatic rings. The second-order valence-corrected chi connectivity index (χ2v) is 7.13. The first-order valence-corrected chi connectivity index (χ1v) is 9.54. The van der Waals surface area contributed by atoms with E-state index < -0.39 is 0 Å². The minimum Gasteiger partial charge on any atom is -0.382 e. The first kappa shape index (κ1) is 16.3. The van der Waals surface area contributed by atoms with Gasteiger partial charge in [0.1, 0.15) is 0 Å². The van der Waals surface area contributed by atoms with Gasteiger partial charge in [-0.1, -0.05) is 13.0 Å². The van der Waals surface area contributed by atoms with Crippen LogP contribution in [-0.2, 0) is 6.42 Å². The summed E-state index contributed by atoms with van der Waals surface area (Å²) in [6, 6.07) is 11.5. The number of thiophene rings is 1. The van der Waals surface area contributed by atoms with E-state index >= 15 is 0 Å². The monoisotopic (exact) mass is 329 g/mol. The van der Waals surface area contributed by atoms with Crippen LogP contribution in [0.2, 0.25) is 0 Å². The van der Waals surface area contributed by atoms with Crippen LogP contribution in [0.5, 0.6) is 0 Å². The number of piperazine rings is 1. The molecule has 1 aliphatic rings. The van der Waals surface area contributed by atoms with E-state index in [4.69, 9.17) is 0 Å². The van der Waals surface area contributed by atoms with Crippen LogP contribution >= 0.6 is 11.3 Å². The van der Waals surface area contributed by atoms with Gasteiger partial charge in [-0.15, -0.1) is 0 Å². The standard InChI is InChI=1S/C19H27N3S/c1-3-21-8-10-22(11-9-21)19-6-4-5-18(14-19)20-16(2)13-17-7-12-23-15-17/h4-7,12,14-16,20H,3,8-11,13H2,1-2H3/t16-/m1/s1. The normalized spacial score (nSPS) is 17.2. The van der Waals surface area contributed by atoms with Crippen LogP contribution in [0.4, 0.5) is 11.4 Å². The topological polar surface area (TPSA) is 18.5 Å². The van der Waals surface area contributed by atoms with Gasteiger partial charge >= 0.3 is 0 Å². The summed E-state index contributed by atoms with van der Waals surface area (Å²) in [5, 5.41) is 8.04. The maximum absolute atomic E-state index is 3.65. The highest BCUT2D eigenvalue weighted by atomic mass is 32.1. The second-order valence-electron chi connectivity index (χ2n) is 6.35. The molecule has 0 radical (unpaired) electrons. The van der Waals surface area contributed by atoms with Crippen LogP contribution in [0.15, 0.2) is 41.1 Å². The van der Waals surface area contributed by atoms with Crippen LogP contribution < -0.4 is 10.2 Å². The highest BCUT2D eigenvalue weighted by molar-refractivity contribution is 7.07. The van der Waals surface area contributed by atoms with Crippen LogP contribution in [0.1, 0.15) is 19.4 Å². The Kier molecular flexibility index (Phi) is 5.57. The molecule has 0 spiro atoms. The van der Waals surface area contributed by atoms with Crippen molar-refractivity contribution in [3.8, 4) is 0 Å². The van der Waals surface area contributed by atoms with E-state index in [9.17, 15) is 0 Å². The fraction of sp³-hybridized carbons (Fsp3) is 0.474. The first-order chi connectivity index (χ1) is 11.2. The Bertz CT molecular complexity index is 588. The molecule has 0 amide bonds. The third kappa shape index (κ3) is 4.49. The van der Waals surface area contributed by atoms with Crippen molar-refractivity contribution >= 4 is 22.7 Å². The number of benzene rings is 1. The largest absolute Gasteiger partial charge is 0.382 e. The van der Waals surface area contributed by atoms with Crippen LogP contribution in [0, 0.1) is 0 Å². The number of anilines is 2. The van der Waals surface area contributed by atoms with Gasteiger partial charge in [0.15, 0.2) is 0 Å². The fourth-order valence-electron chi connectivity index (χ4n) is 3.21. The highest BCUT2D eigenvalue weighted by Gasteiger charge is 2.16. The molecule has 124 valence electrons. The molecule has 0 aliphatic carbocycles. The molecule has 1 aromatic carbocycles. The number of nitrogens with one attached hydrogen (secondary N) is 1. The lowest BCUT2D eigenvalue weighted by Crippen LogP contribution is -2.46. The Morgan fingerprint density at radius 3 is 2.70 bits per heavy atom. The molecular weight excluding hydrogens is 302 g/mol. The maximum atomic E-state index is 3.65. The smallest absolute Gasteiger partial charge is 0.0387 e. The summed E-state index contributed by atoms with van der Waals surface area (Å²) in [5.74, 6) is 0. The Labute approximate surface area is 143 Å². The fourth-order valence-corrected chi connectivity index (χ4v) is 3.89. The average Bonchev–Trinajstić information content (AvgIpc) is 3.08. The van der Waals surface area contributed by atoms with E-state index in [1.54, 1.807) is 11.3 Å². The molecule has 23 heavy (non-hydrogen) atoms. The van der Waals surface area contributed by atoms with Crippen molar-refractivity contribution in [1.29, 1.82) is 0 Å². The van der Waals surface area contributed by atoms with E-state index in [-0.39, 0.29) is 0 Å². The summed E-state index contributed by atoms with van der Waals surface area (Å²) in [6.07, 6.45) is 1.07. The van der Waals surface area contributed by atoms with E-state index in [1.165, 1.54) is 30.0 Å². The summed E-state index contributed by atoms with van der Waals surface area (Å²) in [6.45, 7) is 10.3. The summed E-state index contributed by atoms with van der Waals surface area (Å²) < 4.78 is 0. The van der Waals surface area contributed by atoms with Gasteiger partial charge in [0.25, 0.3) is 0 Å². The molecule has 3 nitrogen and oxygen atoms in total. The van der Waals surface area contributed by atoms with Gasteiger partial charge in [-0.2, -0.15) is 11.3 Å². The Balaban J connectivity index is 1.59. The van der Waals surface area contributed by atoms with Crippen molar-refractivity contribution in [2.45, 2.75) is 26.3 Å². The Hall–Kier alpha value is -1.52. The van der Waals surface area contributed by atoms with E-state index in [0.717, 1.165) is 26.1 Å². The van der Waals surface area contributed by atoms with Crippen molar-refractivity contribution in [3.63, 3.8) is 0 Å². The summed E-state index contributed by atoms with van der Waals surface area (Å²) in [5.41, 5.74) is 3.98. The molecule has 4 heteroatoms. The zero-order valence-corrected chi connectivity index (χ0v) is 15.0. The lowest BCUT2D eigenvalue weighted by atomic mass is 10.1. The van der Waals surface area contributed by atoms with Gasteiger partial charge in [-0.3, -0.25) is 0 Å². The molecule has 1 aliphatic heterocycles. The van der Waals surface area contributed by atoms with Crippen molar-refractivity contribution in [3.05, 3.63) is 46.7 Å². The van der Waals surface area contributed by atoms with E-state index in [1.807, 2.05) is 0 Å². The summed E-state index contributed by atoms with van der Waals surface area (Å²) >= 11 is 1.77. The van der Waals surface area contributed by atoms with Crippen LogP contribution in [0.3, 0.4) is 0 Å². The molecule has 1 fully saturated rings. The molecule has 0 saturated carbocycles. The number of rotatable bonds is 6. The number of hydrogen-bond donors (Lipinski definition) is 1. The minimum absolute atomic E-state index is 0.441. The molecule has 1 saturated heterocycles. The van der Waals surface area contributed by atoms with Crippen molar-refractivity contribution in [1.82, 2.24) is 4.90 Å². The third-order valence-electron chi connectivity index (χ3n) is 4.57. The predicted molar refractivity (Wildman–Crippen MR) is 102 cm³/mol. The lowest BCUT2D eigenvalue weighted by molar-refractivity contribution is 0.271. The maximum Gasteiger partial charge on any atom is 0.0387 e. The SMILES string of the molecule is CCN1CCN(c2cccc(N[C@H](C)Cc3ccsc3)c2)CC1. The van der Waals surface area contributed by atoms with Gasteiger partial charge in [-0.25, -0.2) is 0 Å². The number of hydrogen-bond acceptors (Lipinski definition) is 4. The quantitative estimate of drug-likeness (QED) is 0.866. The number of likely N-dealkylation sites (N-methyl/N-ethyl adjacent to an activating group) is 1. The molecule has 3 rings (SSSR count). The van der Waals surface area contributed by atoms with Gasteiger partial charge in [0.2, 0.25) is 0 Å². The molecule has 1 aromatic heterocycles. The van der Waals surface area contributed by atoms with Crippen molar-refractivity contribution in [2.24, 2.45) is 0 Å². The third-order valence-corrected chi connectivity index (χ3v) is 5.30. The zero-order chi connectivity index (χ0) is 16.1. The second kappa shape index (κ2) is 7.84. The predicted octanol–water partition coefficient (Wildman–Crippen LogP) is 3.93. The molecule has 0 unspecified atom stereocenters. The van der Waals surface area contributed by atoms with Gasteiger partial charge in [0.05, 0.1) is 0 Å². The van der Waals surface area contributed by atoms with E-state index in [2.05, 4.69) is 70.1 Å². The van der Waals surface area contributed by atoms with Gasteiger partial charge in [-0.05, 0) is 60.5 Å². The van der Waals surface area contributed by atoms with Crippen molar-refractivity contribution < 1.29 is 0 Å². The summed E-state index contributed by atoms with van der Waals surface area (Å²) in [4.78, 5) is 5.02. The molecule has 1 atom stereocenters. The lowest BCUT2D eigenvalue weighted by Gasteiger charge is -2.35. The zero-order valence-electron chi connectivity index (χ0n) is 14.2. The van der Waals surface area contributed by atoms with Crippen molar-refractivity contribution in [2.75, 3.05) is 42.9 Å². The summed E-state index contributed by atoms with van der Waals surface area (Å²) in [7, 11) is 0. The molecule has 0 bridgehead atoms. The van der Waals surface area contributed by atoms with Crippen LogP contribution in [0.25, 0.3) is 0 Å². The number of nitrogens with zero attached hydrogens (tertiary/aromatic N) is 2. The Morgan fingerprint density at radius 2 is 2.00 bits per heavy atom. The molecule has 2 heterocycles. The Morgan fingerprint density at radius 1 is 1.17 bits per heavy atom. The van der Waals surface area contributed by atoms with Crippen LogP contribution in [-0.4, -0.2) is 43.7 Å².